The van der Waals surface area contributed by atoms with Crippen LogP contribution < -0.4 is 0 Å². The molecule has 0 N–H and O–H groups in total. The lowest BCUT2D eigenvalue weighted by molar-refractivity contribution is -0.124. The molecular weight excluding hydrogens is 302 g/mol. The fourth-order valence-electron chi connectivity index (χ4n) is 4.53. The maximum Gasteiger partial charge on any atom is 0.146 e. The average molecular weight is 327 g/mol. The Bertz CT molecular complexity index is 735. The summed E-state index contributed by atoms with van der Waals surface area (Å²) in [5.41, 5.74) is 4.55. The van der Waals surface area contributed by atoms with Gasteiger partial charge in [-0.3, -0.25) is 4.79 Å². The fraction of sp³-hybridized carbons (Fsp3) is 0.600. The summed E-state index contributed by atoms with van der Waals surface area (Å²) in [6.07, 6.45) is 8.81. The molecule has 0 amide bonds. The quantitative estimate of drug-likeness (QED) is 0.828. The van der Waals surface area contributed by atoms with Gasteiger partial charge in [-0.2, -0.15) is 0 Å². The molecule has 4 rings (SSSR count). The van der Waals surface area contributed by atoms with Crippen molar-refractivity contribution in [1.82, 2.24) is 5.16 Å². The number of hydrogen-bond donors (Lipinski definition) is 0. The summed E-state index contributed by atoms with van der Waals surface area (Å²) in [6, 6.07) is 0. The Morgan fingerprint density at radius 2 is 2.17 bits per heavy atom. The normalized spacial score (nSPS) is 29.2. The van der Waals surface area contributed by atoms with Gasteiger partial charge in [0.2, 0.25) is 0 Å². The number of Topliss-reactive ketones (excluding diaryl/α,β-unsaturated/α-hetero) is 1. The van der Waals surface area contributed by atoms with Crippen LogP contribution in [0.3, 0.4) is 0 Å². The summed E-state index contributed by atoms with van der Waals surface area (Å²) in [6.45, 7) is 6.09. The third-order valence-electron chi connectivity index (χ3n) is 6.14. The van der Waals surface area contributed by atoms with E-state index < -0.39 is 0 Å². The largest absolute Gasteiger partial charge is 0.494 e. The third-order valence-corrected chi connectivity index (χ3v) is 6.14. The molecule has 2 atom stereocenters. The monoisotopic (exact) mass is 327 g/mol. The predicted octanol–water partition coefficient (Wildman–Crippen LogP) is 4.36. The number of fused-ring (bicyclic) bond motifs is 2. The van der Waals surface area contributed by atoms with Crippen LogP contribution in [0.25, 0.3) is 0 Å². The molecule has 0 aromatic carbocycles. The minimum Gasteiger partial charge on any atom is -0.494 e. The van der Waals surface area contributed by atoms with Gasteiger partial charge < -0.3 is 9.26 Å². The standard InChI is InChI=1S/C20H25NO3/c1-12-15(13(2)24-21-12)6-4-14-5-7-16-17-8-9-19(22)20(17,3)11-10-18(16)23-14/h8,14H,4-7,9-11H2,1-3H3. The second-order valence-corrected chi connectivity index (χ2v) is 7.60. The number of carbonyl (C=O) groups excluding carboxylic acids is 1. The zero-order valence-electron chi connectivity index (χ0n) is 14.8. The highest BCUT2D eigenvalue weighted by molar-refractivity contribution is 5.93. The van der Waals surface area contributed by atoms with E-state index in [0.717, 1.165) is 55.7 Å². The second-order valence-electron chi connectivity index (χ2n) is 7.60. The molecular formula is C20H25NO3. The van der Waals surface area contributed by atoms with E-state index >= 15 is 0 Å². The lowest BCUT2D eigenvalue weighted by Crippen LogP contribution is -2.33. The van der Waals surface area contributed by atoms with Crippen LogP contribution in [0, 0.1) is 19.3 Å². The molecule has 3 aliphatic rings. The number of carbonyl (C=O) groups is 1. The van der Waals surface area contributed by atoms with Crippen LogP contribution in [-0.4, -0.2) is 17.0 Å². The average Bonchev–Trinajstić information content (AvgIpc) is 3.05. The number of allylic oxidation sites excluding steroid dienone is 4. The molecule has 1 aliphatic heterocycles. The predicted molar refractivity (Wildman–Crippen MR) is 90.5 cm³/mol. The zero-order chi connectivity index (χ0) is 16.9. The van der Waals surface area contributed by atoms with Gasteiger partial charge >= 0.3 is 0 Å². The van der Waals surface area contributed by atoms with E-state index in [1.165, 1.54) is 16.7 Å². The molecule has 0 bridgehead atoms. The highest BCUT2D eigenvalue weighted by atomic mass is 16.5. The number of hydrogen-bond acceptors (Lipinski definition) is 4. The minimum atomic E-state index is -0.244. The van der Waals surface area contributed by atoms with E-state index in [9.17, 15) is 4.79 Å². The van der Waals surface area contributed by atoms with Crippen LogP contribution in [0.4, 0.5) is 0 Å². The summed E-state index contributed by atoms with van der Waals surface area (Å²) in [5.74, 6) is 2.44. The van der Waals surface area contributed by atoms with E-state index in [1.54, 1.807) is 0 Å². The Kier molecular flexibility index (Phi) is 3.66. The number of aryl methyl sites for hydroxylation is 2. The van der Waals surface area contributed by atoms with Crippen LogP contribution in [0.15, 0.2) is 27.5 Å². The molecule has 2 heterocycles. The summed E-state index contributed by atoms with van der Waals surface area (Å²) < 4.78 is 11.6. The fourth-order valence-corrected chi connectivity index (χ4v) is 4.53. The second kappa shape index (κ2) is 5.61. The van der Waals surface area contributed by atoms with Crippen LogP contribution in [-0.2, 0) is 16.0 Å². The Morgan fingerprint density at radius 1 is 1.33 bits per heavy atom. The van der Waals surface area contributed by atoms with E-state index in [-0.39, 0.29) is 11.5 Å². The highest BCUT2D eigenvalue weighted by Crippen LogP contribution is 2.51. The molecule has 0 radical (unpaired) electrons. The lowest BCUT2D eigenvalue weighted by Gasteiger charge is -2.39. The molecule has 2 unspecified atom stereocenters. The van der Waals surface area contributed by atoms with Crippen LogP contribution in [0.1, 0.15) is 62.5 Å². The van der Waals surface area contributed by atoms with Crippen molar-refractivity contribution in [2.75, 3.05) is 0 Å². The van der Waals surface area contributed by atoms with Gasteiger partial charge in [-0.15, -0.1) is 0 Å². The van der Waals surface area contributed by atoms with Crippen molar-refractivity contribution >= 4 is 5.78 Å². The Labute approximate surface area is 142 Å². The molecule has 0 spiro atoms. The van der Waals surface area contributed by atoms with Crippen molar-refractivity contribution < 1.29 is 14.1 Å². The van der Waals surface area contributed by atoms with Gasteiger partial charge in [-0.1, -0.05) is 11.2 Å². The third kappa shape index (κ3) is 2.35. The number of nitrogens with zero attached hydrogens (tertiary/aromatic N) is 1. The van der Waals surface area contributed by atoms with Gasteiger partial charge in [-0.05, 0) is 64.0 Å². The van der Waals surface area contributed by atoms with E-state index in [2.05, 4.69) is 18.2 Å². The molecule has 0 saturated carbocycles. The Hall–Kier alpha value is -1.84. The first-order valence-electron chi connectivity index (χ1n) is 9.04. The van der Waals surface area contributed by atoms with Crippen molar-refractivity contribution in [1.29, 1.82) is 0 Å². The summed E-state index contributed by atoms with van der Waals surface area (Å²) in [5, 5.41) is 4.03. The van der Waals surface area contributed by atoms with E-state index in [4.69, 9.17) is 9.26 Å². The van der Waals surface area contributed by atoms with Crippen molar-refractivity contribution in [2.45, 2.75) is 71.8 Å². The van der Waals surface area contributed by atoms with Crippen molar-refractivity contribution in [2.24, 2.45) is 5.41 Å². The number of ketones is 1. The van der Waals surface area contributed by atoms with Gasteiger partial charge in [0.25, 0.3) is 0 Å². The first-order chi connectivity index (χ1) is 11.5. The highest BCUT2D eigenvalue weighted by Gasteiger charge is 2.46. The van der Waals surface area contributed by atoms with Crippen LogP contribution >= 0.6 is 0 Å². The Balaban J connectivity index is 1.47. The molecule has 4 nitrogen and oxygen atoms in total. The maximum absolute atomic E-state index is 12.2. The molecule has 24 heavy (non-hydrogen) atoms. The topological polar surface area (TPSA) is 52.3 Å². The minimum absolute atomic E-state index is 0.244. The van der Waals surface area contributed by atoms with Gasteiger partial charge in [0.1, 0.15) is 11.5 Å². The molecule has 128 valence electrons. The van der Waals surface area contributed by atoms with E-state index in [1.807, 2.05) is 13.8 Å². The first-order valence-corrected chi connectivity index (χ1v) is 9.04. The van der Waals surface area contributed by atoms with Gasteiger partial charge in [-0.25, -0.2) is 0 Å². The molecule has 4 heteroatoms. The van der Waals surface area contributed by atoms with Crippen molar-refractivity contribution in [3.63, 3.8) is 0 Å². The van der Waals surface area contributed by atoms with E-state index in [0.29, 0.717) is 12.2 Å². The summed E-state index contributed by atoms with van der Waals surface area (Å²) in [4.78, 5) is 12.2. The summed E-state index contributed by atoms with van der Waals surface area (Å²) >= 11 is 0. The molecule has 2 aliphatic carbocycles. The SMILES string of the molecule is Cc1noc(C)c1CCC1CCC2=C(CCC3(C)C(=O)CC=C23)O1. The van der Waals surface area contributed by atoms with Crippen molar-refractivity contribution in [3.05, 3.63) is 40.0 Å². The first kappa shape index (κ1) is 15.7. The van der Waals surface area contributed by atoms with Crippen LogP contribution in [0.5, 0.6) is 0 Å². The maximum atomic E-state index is 12.2. The zero-order valence-corrected chi connectivity index (χ0v) is 14.8. The van der Waals surface area contributed by atoms with Gasteiger partial charge in [0.05, 0.1) is 23.0 Å². The van der Waals surface area contributed by atoms with Crippen LogP contribution in [0.2, 0.25) is 0 Å². The van der Waals surface area contributed by atoms with Gasteiger partial charge in [0.15, 0.2) is 0 Å². The lowest BCUT2D eigenvalue weighted by atomic mass is 9.70. The number of rotatable bonds is 3. The Morgan fingerprint density at radius 3 is 2.92 bits per heavy atom. The van der Waals surface area contributed by atoms with Crippen molar-refractivity contribution in [3.8, 4) is 0 Å². The molecule has 0 saturated heterocycles. The molecule has 1 aromatic rings. The number of ether oxygens (including phenoxy) is 1. The number of aromatic nitrogens is 1. The van der Waals surface area contributed by atoms with Gasteiger partial charge in [0, 0.05) is 18.4 Å². The summed E-state index contributed by atoms with van der Waals surface area (Å²) in [7, 11) is 0. The molecule has 0 fully saturated rings. The molecule has 1 aromatic heterocycles. The smallest absolute Gasteiger partial charge is 0.146 e.